The molecule has 1 aliphatic rings. The van der Waals surface area contributed by atoms with Crippen LogP contribution >= 0.6 is 11.6 Å². The third kappa shape index (κ3) is 3.24. The Morgan fingerprint density at radius 3 is 2.47 bits per heavy atom. The van der Waals surface area contributed by atoms with Crippen LogP contribution in [-0.4, -0.2) is 27.5 Å². The van der Waals surface area contributed by atoms with Crippen LogP contribution in [0.4, 0.5) is 11.9 Å². The van der Waals surface area contributed by atoms with Gasteiger partial charge >= 0.3 is 0 Å². The Morgan fingerprint density at radius 2 is 1.89 bits per heavy atom. The molecule has 2 rings (SSSR count). The molecule has 19 heavy (non-hydrogen) atoms. The van der Waals surface area contributed by atoms with Gasteiger partial charge in [0.2, 0.25) is 17.2 Å². The van der Waals surface area contributed by atoms with Crippen molar-refractivity contribution in [3.05, 3.63) is 5.28 Å². The van der Waals surface area contributed by atoms with Gasteiger partial charge in [0.1, 0.15) is 5.54 Å². The zero-order valence-corrected chi connectivity index (χ0v) is 11.8. The molecule has 2 N–H and O–H groups in total. The average molecular weight is 281 g/mol. The minimum absolute atomic E-state index is 0.110. The summed E-state index contributed by atoms with van der Waals surface area (Å²) in [5.74, 6) is 1.40. The van der Waals surface area contributed by atoms with E-state index < -0.39 is 5.54 Å². The molecule has 102 valence electrons. The Balaban J connectivity index is 2.19. The zero-order chi connectivity index (χ0) is 13.9. The normalized spacial score (nSPS) is 26.5. The summed E-state index contributed by atoms with van der Waals surface area (Å²) in [5.41, 5.74) is -0.595. The summed E-state index contributed by atoms with van der Waals surface area (Å²) in [7, 11) is 1.71. The SMILES string of the molecule is CNc1nc(Cl)nc(NC2(C#N)CCC(C)CC2)n1. The molecule has 0 atom stereocenters. The van der Waals surface area contributed by atoms with Gasteiger partial charge in [-0.25, -0.2) is 0 Å². The van der Waals surface area contributed by atoms with E-state index in [1.165, 1.54) is 0 Å². The van der Waals surface area contributed by atoms with E-state index in [0.29, 0.717) is 17.8 Å². The molecule has 1 saturated carbocycles. The molecule has 0 saturated heterocycles. The Hall–Kier alpha value is -1.61. The first-order valence-electron chi connectivity index (χ1n) is 6.36. The molecule has 0 unspecified atom stereocenters. The van der Waals surface area contributed by atoms with Crippen LogP contribution in [0.2, 0.25) is 5.28 Å². The van der Waals surface area contributed by atoms with Crippen molar-refractivity contribution < 1.29 is 0 Å². The third-order valence-corrected chi connectivity index (χ3v) is 3.69. The lowest BCUT2D eigenvalue weighted by Gasteiger charge is -2.34. The van der Waals surface area contributed by atoms with Crippen molar-refractivity contribution >= 4 is 23.5 Å². The molecule has 0 spiro atoms. The summed E-state index contributed by atoms with van der Waals surface area (Å²) in [4.78, 5) is 12.1. The van der Waals surface area contributed by atoms with E-state index in [2.05, 4.69) is 38.6 Å². The quantitative estimate of drug-likeness (QED) is 0.884. The van der Waals surface area contributed by atoms with Crippen molar-refractivity contribution in [3.8, 4) is 6.07 Å². The van der Waals surface area contributed by atoms with E-state index in [1.807, 2.05) is 0 Å². The molecule has 0 amide bonds. The van der Waals surface area contributed by atoms with Gasteiger partial charge in [-0.15, -0.1) is 0 Å². The second-order valence-electron chi connectivity index (χ2n) is 5.00. The summed E-state index contributed by atoms with van der Waals surface area (Å²) >= 11 is 5.83. The maximum absolute atomic E-state index is 9.45. The fraction of sp³-hybridized carbons (Fsp3) is 0.667. The smallest absolute Gasteiger partial charge is 0.230 e. The van der Waals surface area contributed by atoms with E-state index in [0.717, 1.165) is 25.7 Å². The zero-order valence-electron chi connectivity index (χ0n) is 11.1. The van der Waals surface area contributed by atoms with Crippen molar-refractivity contribution in [2.24, 2.45) is 5.92 Å². The monoisotopic (exact) mass is 280 g/mol. The molecule has 0 aliphatic heterocycles. The van der Waals surface area contributed by atoms with Crippen LogP contribution in [0.5, 0.6) is 0 Å². The first-order chi connectivity index (χ1) is 9.07. The summed E-state index contributed by atoms with van der Waals surface area (Å²) in [6.07, 6.45) is 3.64. The van der Waals surface area contributed by atoms with Crippen LogP contribution in [0, 0.1) is 17.2 Å². The molecule has 6 nitrogen and oxygen atoms in total. The molecule has 0 aromatic carbocycles. The van der Waals surface area contributed by atoms with Gasteiger partial charge in [-0.2, -0.15) is 20.2 Å². The minimum atomic E-state index is -0.595. The van der Waals surface area contributed by atoms with Gasteiger partial charge in [-0.05, 0) is 43.2 Å². The van der Waals surface area contributed by atoms with Crippen molar-refractivity contribution in [2.45, 2.75) is 38.1 Å². The molecule has 1 aromatic heterocycles. The number of hydrogen-bond donors (Lipinski definition) is 2. The first-order valence-corrected chi connectivity index (χ1v) is 6.73. The van der Waals surface area contributed by atoms with Gasteiger partial charge < -0.3 is 10.6 Å². The van der Waals surface area contributed by atoms with Gasteiger partial charge in [0.15, 0.2) is 0 Å². The van der Waals surface area contributed by atoms with Gasteiger partial charge in [-0.1, -0.05) is 6.92 Å². The molecule has 1 aromatic rings. The molecule has 1 heterocycles. The van der Waals surface area contributed by atoms with E-state index in [9.17, 15) is 5.26 Å². The highest BCUT2D eigenvalue weighted by Crippen LogP contribution is 2.33. The Morgan fingerprint density at radius 1 is 1.26 bits per heavy atom. The van der Waals surface area contributed by atoms with Crippen molar-refractivity contribution in [1.82, 2.24) is 15.0 Å². The minimum Gasteiger partial charge on any atom is -0.357 e. The number of rotatable bonds is 3. The average Bonchev–Trinajstić information content (AvgIpc) is 2.41. The Bertz CT molecular complexity index is 489. The molecule has 1 aliphatic carbocycles. The summed E-state index contributed by atoms with van der Waals surface area (Å²) < 4.78 is 0. The molecular formula is C12H17ClN6. The van der Waals surface area contributed by atoms with Crippen LogP contribution in [0.25, 0.3) is 0 Å². The number of nitrogens with one attached hydrogen (secondary N) is 2. The van der Waals surface area contributed by atoms with Crippen LogP contribution in [0.15, 0.2) is 0 Å². The van der Waals surface area contributed by atoms with E-state index in [1.54, 1.807) is 7.05 Å². The fourth-order valence-electron chi connectivity index (χ4n) is 2.25. The molecule has 7 heteroatoms. The molecule has 1 fully saturated rings. The number of halogens is 1. The number of aromatic nitrogens is 3. The van der Waals surface area contributed by atoms with Crippen molar-refractivity contribution in [1.29, 1.82) is 5.26 Å². The lowest BCUT2D eigenvalue weighted by molar-refractivity contribution is 0.313. The predicted molar refractivity (Wildman–Crippen MR) is 74.0 cm³/mol. The largest absolute Gasteiger partial charge is 0.357 e. The third-order valence-electron chi connectivity index (χ3n) is 3.52. The van der Waals surface area contributed by atoms with Gasteiger partial charge in [0.25, 0.3) is 0 Å². The summed E-state index contributed by atoms with van der Waals surface area (Å²) in [5, 5.41) is 15.5. The molecular weight excluding hydrogens is 264 g/mol. The lowest BCUT2D eigenvalue weighted by Crippen LogP contribution is -2.40. The topological polar surface area (TPSA) is 86.5 Å². The van der Waals surface area contributed by atoms with Crippen LogP contribution in [-0.2, 0) is 0 Å². The summed E-state index contributed by atoms with van der Waals surface area (Å²) in [6.45, 7) is 2.21. The first kappa shape index (κ1) is 13.8. The Kier molecular flexibility index (Phi) is 4.05. The van der Waals surface area contributed by atoms with E-state index in [4.69, 9.17) is 11.6 Å². The standard InChI is InChI=1S/C12H17ClN6/c1-8-3-5-12(7-14,6-4-8)19-11-17-9(13)16-10(15-2)18-11/h8H,3-6H2,1-2H3,(H2,15,16,17,18,19). The predicted octanol–water partition coefficient (Wildman–Crippen LogP) is 2.45. The van der Waals surface area contributed by atoms with Gasteiger partial charge in [0, 0.05) is 7.05 Å². The van der Waals surface area contributed by atoms with E-state index in [-0.39, 0.29) is 5.28 Å². The maximum Gasteiger partial charge on any atom is 0.230 e. The lowest BCUT2D eigenvalue weighted by atomic mass is 9.78. The van der Waals surface area contributed by atoms with Crippen LogP contribution in [0.3, 0.4) is 0 Å². The van der Waals surface area contributed by atoms with Crippen LogP contribution < -0.4 is 10.6 Å². The maximum atomic E-state index is 9.45. The van der Waals surface area contributed by atoms with Crippen molar-refractivity contribution in [2.75, 3.05) is 17.7 Å². The van der Waals surface area contributed by atoms with Gasteiger partial charge in [0.05, 0.1) is 6.07 Å². The molecule has 0 radical (unpaired) electrons. The fourth-order valence-corrected chi connectivity index (χ4v) is 2.41. The van der Waals surface area contributed by atoms with Crippen LogP contribution in [0.1, 0.15) is 32.6 Å². The summed E-state index contributed by atoms with van der Waals surface area (Å²) in [6, 6.07) is 2.37. The highest BCUT2D eigenvalue weighted by molar-refractivity contribution is 6.28. The van der Waals surface area contributed by atoms with Crippen molar-refractivity contribution in [3.63, 3.8) is 0 Å². The number of nitrogens with zero attached hydrogens (tertiary/aromatic N) is 4. The second-order valence-corrected chi connectivity index (χ2v) is 5.34. The molecule has 0 bridgehead atoms. The van der Waals surface area contributed by atoms with Gasteiger partial charge in [-0.3, -0.25) is 0 Å². The Labute approximate surface area is 117 Å². The number of hydrogen-bond acceptors (Lipinski definition) is 6. The highest BCUT2D eigenvalue weighted by Gasteiger charge is 2.35. The highest BCUT2D eigenvalue weighted by atomic mass is 35.5. The number of anilines is 2. The number of nitriles is 1. The van der Waals surface area contributed by atoms with E-state index >= 15 is 0 Å². The second kappa shape index (κ2) is 5.57.